The van der Waals surface area contributed by atoms with Crippen molar-refractivity contribution < 1.29 is 14.6 Å². The molecule has 0 aromatic carbocycles. The fourth-order valence-electron chi connectivity index (χ4n) is 1.88. The summed E-state index contributed by atoms with van der Waals surface area (Å²) in [6.45, 7) is 7.02. The summed E-state index contributed by atoms with van der Waals surface area (Å²) in [7, 11) is 1.68. The summed E-state index contributed by atoms with van der Waals surface area (Å²) >= 11 is 1.27. The highest BCUT2D eigenvalue weighted by molar-refractivity contribution is 7.99. The van der Waals surface area contributed by atoms with Crippen molar-refractivity contribution in [3.8, 4) is 0 Å². The number of imidazole rings is 1. The van der Waals surface area contributed by atoms with Crippen LogP contribution >= 0.6 is 11.8 Å². The van der Waals surface area contributed by atoms with Crippen LogP contribution < -0.4 is 0 Å². The molecule has 0 aliphatic carbocycles. The number of thioether (sulfide) groups is 1. The first-order valence-corrected chi connectivity index (χ1v) is 7.36. The quantitative estimate of drug-likeness (QED) is 0.744. The third-order valence-corrected chi connectivity index (χ3v) is 3.84. The average Bonchev–Trinajstić information content (AvgIpc) is 2.77. The second-order valence-corrected chi connectivity index (χ2v) is 5.75. The number of aromatic nitrogens is 2. The molecule has 1 aromatic rings. The lowest BCUT2D eigenvalue weighted by Gasteiger charge is -2.20. The summed E-state index contributed by atoms with van der Waals surface area (Å²) in [6, 6.07) is 0.246. The van der Waals surface area contributed by atoms with Crippen LogP contribution in [-0.4, -0.2) is 40.1 Å². The van der Waals surface area contributed by atoms with Crippen LogP contribution in [-0.2, 0) is 9.53 Å². The minimum absolute atomic E-state index is 0.0333. The zero-order chi connectivity index (χ0) is 14.4. The molecular formula is C13H22N2O3S. The number of ether oxygens (including phenoxy) is 1. The zero-order valence-corrected chi connectivity index (χ0v) is 12.7. The molecule has 0 aliphatic heterocycles. The molecule has 0 saturated carbocycles. The van der Waals surface area contributed by atoms with Gasteiger partial charge in [0.1, 0.15) is 0 Å². The largest absolute Gasteiger partial charge is 0.481 e. The maximum atomic E-state index is 10.7. The van der Waals surface area contributed by atoms with Gasteiger partial charge in [-0.3, -0.25) is 4.79 Å². The Morgan fingerprint density at radius 2 is 2.21 bits per heavy atom. The van der Waals surface area contributed by atoms with Crippen LogP contribution in [0.2, 0.25) is 0 Å². The number of carbonyl (C=O) groups is 1. The molecule has 0 aliphatic rings. The minimum atomic E-state index is -0.824. The van der Waals surface area contributed by atoms with E-state index in [1.165, 1.54) is 11.8 Å². The molecule has 6 heteroatoms. The van der Waals surface area contributed by atoms with Crippen LogP contribution in [0.25, 0.3) is 0 Å². The fourth-order valence-corrected chi connectivity index (χ4v) is 2.68. The highest BCUT2D eigenvalue weighted by atomic mass is 32.2. The van der Waals surface area contributed by atoms with Gasteiger partial charge in [-0.05, 0) is 19.3 Å². The zero-order valence-electron chi connectivity index (χ0n) is 11.9. The maximum Gasteiger partial charge on any atom is 0.313 e. The smallest absolute Gasteiger partial charge is 0.313 e. The topological polar surface area (TPSA) is 64.4 Å². The Balaban J connectivity index is 2.93. The molecule has 0 spiro atoms. The molecule has 0 fully saturated rings. The van der Waals surface area contributed by atoms with Gasteiger partial charge in [0.25, 0.3) is 0 Å². The summed E-state index contributed by atoms with van der Waals surface area (Å²) in [5.41, 5.74) is 1.14. The third-order valence-electron chi connectivity index (χ3n) is 2.89. The number of hydrogen-bond acceptors (Lipinski definition) is 4. The van der Waals surface area contributed by atoms with Crippen molar-refractivity contribution in [2.75, 3.05) is 19.5 Å². The van der Waals surface area contributed by atoms with Crippen molar-refractivity contribution in [2.24, 2.45) is 0 Å². The van der Waals surface area contributed by atoms with Gasteiger partial charge in [-0.25, -0.2) is 4.98 Å². The van der Waals surface area contributed by atoms with Crippen molar-refractivity contribution in [3.63, 3.8) is 0 Å². The molecule has 5 nitrogen and oxygen atoms in total. The molecule has 0 radical (unpaired) electrons. The van der Waals surface area contributed by atoms with Crippen molar-refractivity contribution >= 4 is 17.7 Å². The number of methoxy groups -OCH3 is 1. The molecule has 19 heavy (non-hydrogen) atoms. The fraction of sp³-hybridized carbons (Fsp3) is 0.692. The molecule has 108 valence electrons. The summed E-state index contributed by atoms with van der Waals surface area (Å²) in [6.07, 6.45) is 2.73. The number of rotatable bonds is 8. The molecule has 1 heterocycles. The monoisotopic (exact) mass is 286 g/mol. The Morgan fingerprint density at radius 3 is 2.74 bits per heavy atom. The van der Waals surface area contributed by atoms with Crippen molar-refractivity contribution in [3.05, 3.63) is 11.9 Å². The number of nitrogens with zero attached hydrogens (tertiary/aromatic N) is 2. The Kier molecular flexibility index (Phi) is 6.37. The van der Waals surface area contributed by atoms with Gasteiger partial charge in [-0.1, -0.05) is 25.6 Å². The molecule has 1 unspecified atom stereocenters. The van der Waals surface area contributed by atoms with Gasteiger partial charge in [0.2, 0.25) is 0 Å². The van der Waals surface area contributed by atoms with Crippen LogP contribution in [0.3, 0.4) is 0 Å². The number of hydrogen-bond donors (Lipinski definition) is 1. The van der Waals surface area contributed by atoms with Gasteiger partial charge in [0.05, 0.1) is 5.75 Å². The van der Waals surface area contributed by atoms with E-state index in [1.54, 1.807) is 7.11 Å². The van der Waals surface area contributed by atoms with Gasteiger partial charge in [0, 0.05) is 31.6 Å². The first kappa shape index (κ1) is 16.0. The van der Waals surface area contributed by atoms with Crippen molar-refractivity contribution in [1.29, 1.82) is 0 Å². The number of carboxylic acid groups (broad SMARTS) is 1. The van der Waals surface area contributed by atoms with E-state index < -0.39 is 5.97 Å². The number of aliphatic carboxylic acids is 1. The van der Waals surface area contributed by atoms with Crippen LogP contribution in [0, 0.1) is 0 Å². The van der Waals surface area contributed by atoms with Crippen LogP contribution in [0.4, 0.5) is 0 Å². The predicted molar refractivity (Wildman–Crippen MR) is 75.9 cm³/mol. The first-order chi connectivity index (χ1) is 8.97. The molecule has 1 N–H and O–H groups in total. The highest BCUT2D eigenvalue weighted by Crippen LogP contribution is 2.28. The minimum Gasteiger partial charge on any atom is -0.481 e. The van der Waals surface area contributed by atoms with E-state index in [-0.39, 0.29) is 11.8 Å². The van der Waals surface area contributed by atoms with Crippen LogP contribution in [0.1, 0.15) is 44.8 Å². The van der Waals surface area contributed by atoms with Gasteiger partial charge in [0.15, 0.2) is 5.16 Å². The van der Waals surface area contributed by atoms with Crippen LogP contribution in [0.15, 0.2) is 11.4 Å². The molecule has 0 amide bonds. The Bertz CT molecular complexity index is 418. The highest BCUT2D eigenvalue weighted by Gasteiger charge is 2.18. The SMILES string of the molecule is COCCC(C)n1c(C(C)C)cnc1SCC(=O)O. The molecule has 0 saturated heterocycles. The van der Waals surface area contributed by atoms with Gasteiger partial charge < -0.3 is 14.4 Å². The van der Waals surface area contributed by atoms with E-state index >= 15 is 0 Å². The van der Waals surface area contributed by atoms with Crippen molar-refractivity contribution in [1.82, 2.24) is 9.55 Å². The number of carboxylic acids is 1. The summed E-state index contributed by atoms with van der Waals surface area (Å²) < 4.78 is 7.25. The lowest BCUT2D eigenvalue weighted by Crippen LogP contribution is -2.13. The molecular weight excluding hydrogens is 264 g/mol. The lowest BCUT2D eigenvalue weighted by atomic mass is 10.1. The van der Waals surface area contributed by atoms with E-state index in [4.69, 9.17) is 9.84 Å². The van der Waals surface area contributed by atoms with Gasteiger partial charge >= 0.3 is 5.97 Å². The van der Waals surface area contributed by atoms with Gasteiger partial charge in [-0.2, -0.15) is 0 Å². The maximum absolute atomic E-state index is 10.7. The van der Waals surface area contributed by atoms with E-state index in [0.717, 1.165) is 17.3 Å². The summed E-state index contributed by atoms with van der Waals surface area (Å²) in [4.78, 5) is 15.0. The standard InChI is InChI=1S/C13H22N2O3S/c1-9(2)11-7-14-13(19-8-12(16)17)15(11)10(3)5-6-18-4/h7,9-10H,5-6,8H2,1-4H3,(H,16,17). The Morgan fingerprint density at radius 1 is 1.53 bits per heavy atom. The second kappa shape index (κ2) is 7.55. The molecule has 1 atom stereocenters. The van der Waals surface area contributed by atoms with E-state index in [9.17, 15) is 4.79 Å². The van der Waals surface area contributed by atoms with E-state index in [0.29, 0.717) is 12.5 Å². The van der Waals surface area contributed by atoms with Crippen molar-refractivity contribution in [2.45, 2.75) is 44.3 Å². The predicted octanol–water partition coefficient (Wildman–Crippen LogP) is 2.78. The Hall–Kier alpha value is -1.01. The Labute approximate surface area is 118 Å². The van der Waals surface area contributed by atoms with Gasteiger partial charge in [-0.15, -0.1) is 0 Å². The molecule has 1 aromatic heterocycles. The first-order valence-electron chi connectivity index (χ1n) is 6.38. The molecule has 0 bridgehead atoms. The summed E-state index contributed by atoms with van der Waals surface area (Å²) in [5, 5.41) is 9.56. The lowest BCUT2D eigenvalue weighted by molar-refractivity contribution is -0.133. The second-order valence-electron chi connectivity index (χ2n) is 4.80. The molecule has 1 rings (SSSR count). The summed E-state index contributed by atoms with van der Waals surface area (Å²) in [5.74, 6) is -0.433. The average molecular weight is 286 g/mol. The normalized spacial score (nSPS) is 12.9. The van der Waals surface area contributed by atoms with E-state index in [2.05, 4.69) is 30.3 Å². The van der Waals surface area contributed by atoms with Crippen LogP contribution in [0.5, 0.6) is 0 Å². The third kappa shape index (κ3) is 4.54. The van der Waals surface area contributed by atoms with E-state index in [1.807, 2.05) is 6.20 Å².